The minimum Gasteiger partial charge on any atom is -0.362 e. The molecular weight excluding hydrogens is 215 g/mol. The molecule has 1 saturated heterocycles. The molecule has 0 saturated carbocycles. The van der Waals surface area contributed by atoms with Crippen molar-refractivity contribution in [3.8, 4) is 0 Å². The van der Waals surface area contributed by atoms with Gasteiger partial charge in [-0.25, -0.2) is 4.39 Å². The number of hydrogen-bond donors (Lipinski definition) is 1. The van der Waals surface area contributed by atoms with E-state index >= 15 is 0 Å². The summed E-state index contributed by atoms with van der Waals surface area (Å²) in [6.45, 7) is 8.33. The molecular formula is C14H21FN2. The highest BCUT2D eigenvalue weighted by atomic mass is 19.1. The lowest BCUT2D eigenvalue weighted by Crippen LogP contribution is -2.46. The van der Waals surface area contributed by atoms with E-state index < -0.39 is 0 Å². The highest BCUT2D eigenvalue weighted by molar-refractivity contribution is 5.50. The molecule has 17 heavy (non-hydrogen) atoms. The summed E-state index contributed by atoms with van der Waals surface area (Å²) in [5.41, 5.74) is 0.702. The number of hydrogen-bond acceptors (Lipinski definition) is 2. The normalized spacial score (nSPS) is 24.5. The van der Waals surface area contributed by atoms with Gasteiger partial charge >= 0.3 is 0 Å². The summed E-state index contributed by atoms with van der Waals surface area (Å²) in [7, 11) is 0. The van der Waals surface area contributed by atoms with E-state index in [1.54, 1.807) is 6.07 Å². The van der Waals surface area contributed by atoms with E-state index in [0.29, 0.717) is 11.7 Å². The van der Waals surface area contributed by atoms with Crippen LogP contribution in [0.5, 0.6) is 0 Å². The monoisotopic (exact) mass is 236 g/mol. The van der Waals surface area contributed by atoms with Crippen LogP contribution in [0.1, 0.15) is 27.2 Å². The van der Waals surface area contributed by atoms with Crippen molar-refractivity contribution in [2.45, 2.75) is 38.8 Å². The first-order valence-corrected chi connectivity index (χ1v) is 6.26. The second-order valence-electron chi connectivity index (χ2n) is 5.48. The molecule has 0 aromatic heterocycles. The Kier molecular flexibility index (Phi) is 3.38. The number of nitrogens with one attached hydrogen (secondary N) is 1. The van der Waals surface area contributed by atoms with Crippen molar-refractivity contribution < 1.29 is 4.39 Å². The molecule has 1 aromatic carbocycles. The molecule has 1 N–H and O–H groups in total. The third-order valence-corrected chi connectivity index (χ3v) is 3.56. The zero-order valence-corrected chi connectivity index (χ0v) is 10.8. The van der Waals surface area contributed by atoms with Crippen molar-refractivity contribution in [3.63, 3.8) is 0 Å². The molecule has 0 aliphatic carbocycles. The van der Waals surface area contributed by atoms with E-state index in [9.17, 15) is 4.39 Å². The molecule has 0 amide bonds. The minimum atomic E-state index is -0.130. The van der Waals surface area contributed by atoms with Crippen LogP contribution < -0.4 is 10.2 Å². The van der Waals surface area contributed by atoms with Crippen LogP contribution in [0.15, 0.2) is 24.3 Å². The summed E-state index contributed by atoms with van der Waals surface area (Å²) in [6, 6.07) is 7.43. The van der Waals surface area contributed by atoms with Crippen molar-refractivity contribution in [2.75, 3.05) is 18.0 Å². The van der Waals surface area contributed by atoms with Gasteiger partial charge in [0.05, 0.1) is 5.69 Å². The fraction of sp³-hybridized carbons (Fsp3) is 0.571. The molecule has 0 radical (unpaired) electrons. The number of benzene rings is 1. The highest BCUT2D eigenvalue weighted by Crippen LogP contribution is 2.30. The van der Waals surface area contributed by atoms with E-state index in [2.05, 4.69) is 31.0 Å². The van der Waals surface area contributed by atoms with Gasteiger partial charge in [-0.2, -0.15) is 0 Å². The standard InChI is InChI=1S/C14H21FN2/c1-11-10-17(14(2,3)8-9-16-11)13-7-5-4-6-12(13)15/h4-7,11,16H,8-10H2,1-3H3. The third-order valence-electron chi connectivity index (χ3n) is 3.56. The first-order valence-electron chi connectivity index (χ1n) is 6.26. The molecule has 1 aromatic rings. The van der Waals surface area contributed by atoms with Crippen LogP contribution in [-0.2, 0) is 0 Å². The largest absolute Gasteiger partial charge is 0.362 e. The van der Waals surface area contributed by atoms with Gasteiger partial charge in [-0.05, 0) is 45.9 Å². The molecule has 2 nitrogen and oxygen atoms in total. The SMILES string of the molecule is CC1CN(c2ccccc2F)C(C)(C)CCN1. The van der Waals surface area contributed by atoms with Crippen molar-refractivity contribution in [1.82, 2.24) is 5.32 Å². The highest BCUT2D eigenvalue weighted by Gasteiger charge is 2.31. The van der Waals surface area contributed by atoms with Crippen molar-refractivity contribution in [3.05, 3.63) is 30.1 Å². The molecule has 1 aliphatic heterocycles. The Morgan fingerprint density at radius 2 is 2.06 bits per heavy atom. The predicted octanol–water partition coefficient (Wildman–Crippen LogP) is 2.79. The molecule has 1 atom stereocenters. The smallest absolute Gasteiger partial charge is 0.146 e. The second kappa shape index (κ2) is 4.65. The Morgan fingerprint density at radius 3 is 2.76 bits per heavy atom. The quantitative estimate of drug-likeness (QED) is 0.806. The van der Waals surface area contributed by atoms with Crippen LogP contribution in [0.25, 0.3) is 0 Å². The average molecular weight is 236 g/mol. The Balaban J connectivity index is 2.36. The van der Waals surface area contributed by atoms with Gasteiger partial charge in [0, 0.05) is 18.1 Å². The van der Waals surface area contributed by atoms with Crippen LogP contribution in [0, 0.1) is 5.82 Å². The van der Waals surface area contributed by atoms with Gasteiger partial charge in [-0.3, -0.25) is 0 Å². The van der Waals surface area contributed by atoms with E-state index in [1.165, 1.54) is 6.07 Å². The van der Waals surface area contributed by atoms with Crippen LogP contribution in [-0.4, -0.2) is 24.7 Å². The maximum atomic E-state index is 13.9. The zero-order valence-electron chi connectivity index (χ0n) is 10.8. The van der Waals surface area contributed by atoms with Gasteiger partial charge in [0.15, 0.2) is 0 Å². The number of rotatable bonds is 1. The van der Waals surface area contributed by atoms with E-state index in [0.717, 1.165) is 19.5 Å². The molecule has 1 unspecified atom stereocenters. The second-order valence-corrected chi connectivity index (χ2v) is 5.48. The molecule has 1 heterocycles. The van der Waals surface area contributed by atoms with Crippen molar-refractivity contribution in [2.24, 2.45) is 0 Å². The Labute approximate surface area is 103 Å². The van der Waals surface area contributed by atoms with Gasteiger partial charge in [-0.1, -0.05) is 12.1 Å². The van der Waals surface area contributed by atoms with Gasteiger partial charge in [0.1, 0.15) is 5.82 Å². The molecule has 0 spiro atoms. The van der Waals surface area contributed by atoms with Crippen LogP contribution >= 0.6 is 0 Å². The summed E-state index contributed by atoms with van der Waals surface area (Å²) < 4.78 is 13.9. The Bertz CT molecular complexity index is 390. The zero-order chi connectivity index (χ0) is 12.5. The van der Waals surface area contributed by atoms with Crippen molar-refractivity contribution >= 4 is 5.69 Å². The maximum absolute atomic E-state index is 13.9. The third kappa shape index (κ3) is 2.60. The summed E-state index contributed by atoms with van der Waals surface area (Å²) in [6.07, 6.45) is 1.02. The van der Waals surface area contributed by atoms with E-state index in [4.69, 9.17) is 0 Å². The van der Waals surface area contributed by atoms with Crippen molar-refractivity contribution in [1.29, 1.82) is 0 Å². The number of nitrogens with zero attached hydrogens (tertiary/aromatic N) is 1. The van der Waals surface area contributed by atoms with Crippen LogP contribution in [0.3, 0.4) is 0 Å². The van der Waals surface area contributed by atoms with E-state index in [-0.39, 0.29) is 11.4 Å². The molecule has 3 heteroatoms. The lowest BCUT2D eigenvalue weighted by molar-refractivity contribution is 0.445. The summed E-state index contributed by atoms with van der Waals surface area (Å²) in [5, 5.41) is 3.46. The maximum Gasteiger partial charge on any atom is 0.146 e. The molecule has 1 fully saturated rings. The topological polar surface area (TPSA) is 15.3 Å². The van der Waals surface area contributed by atoms with Gasteiger partial charge in [-0.15, -0.1) is 0 Å². The average Bonchev–Trinajstić information content (AvgIpc) is 2.38. The molecule has 1 aliphatic rings. The lowest BCUT2D eigenvalue weighted by atomic mass is 9.97. The first kappa shape index (κ1) is 12.4. The lowest BCUT2D eigenvalue weighted by Gasteiger charge is -2.39. The van der Waals surface area contributed by atoms with E-state index in [1.807, 2.05) is 12.1 Å². The number of anilines is 1. The summed E-state index contributed by atoms with van der Waals surface area (Å²) in [5.74, 6) is -0.130. The number of halogens is 1. The fourth-order valence-corrected chi connectivity index (χ4v) is 2.44. The predicted molar refractivity (Wildman–Crippen MR) is 69.9 cm³/mol. The Hall–Kier alpha value is -1.09. The van der Waals surface area contributed by atoms with Crippen LogP contribution in [0.4, 0.5) is 10.1 Å². The summed E-state index contributed by atoms with van der Waals surface area (Å²) >= 11 is 0. The molecule has 94 valence electrons. The Morgan fingerprint density at radius 1 is 1.35 bits per heavy atom. The first-order chi connectivity index (χ1) is 8.00. The number of para-hydroxylation sites is 1. The summed E-state index contributed by atoms with van der Waals surface area (Å²) in [4.78, 5) is 2.19. The molecule has 0 bridgehead atoms. The molecule has 2 rings (SSSR count). The fourth-order valence-electron chi connectivity index (χ4n) is 2.44. The van der Waals surface area contributed by atoms with Gasteiger partial charge in [0.25, 0.3) is 0 Å². The van der Waals surface area contributed by atoms with Gasteiger partial charge < -0.3 is 10.2 Å². The van der Waals surface area contributed by atoms with Crippen LogP contribution in [0.2, 0.25) is 0 Å². The van der Waals surface area contributed by atoms with Gasteiger partial charge in [0.2, 0.25) is 0 Å². The minimum absolute atomic E-state index is 0.0139.